The molecular weight excluding hydrogens is 448 g/mol. The van der Waals surface area contributed by atoms with Crippen molar-refractivity contribution in [2.75, 3.05) is 31.1 Å². The Morgan fingerprint density at radius 2 is 1.43 bits per heavy atom. The number of imide groups is 2. The van der Waals surface area contributed by atoms with Gasteiger partial charge in [0.05, 0.1) is 6.20 Å². The lowest BCUT2D eigenvalue weighted by molar-refractivity contribution is -0.149. The fraction of sp³-hybridized carbons (Fsp3) is 0.240. The second-order valence-electron chi connectivity index (χ2n) is 8.42. The highest BCUT2D eigenvalue weighted by molar-refractivity contribution is 6.22. The van der Waals surface area contributed by atoms with Crippen molar-refractivity contribution in [3.05, 3.63) is 78.2 Å². The molecule has 3 aromatic rings. The summed E-state index contributed by atoms with van der Waals surface area (Å²) in [7, 11) is 0. The van der Waals surface area contributed by atoms with Crippen LogP contribution in [0, 0.1) is 6.92 Å². The minimum absolute atomic E-state index is 0.396. The quantitative estimate of drug-likeness (QED) is 0.542. The molecule has 4 amide bonds. The molecule has 0 unspecified atom stereocenters. The highest BCUT2D eigenvalue weighted by Crippen LogP contribution is 2.34. The van der Waals surface area contributed by atoms with Gasteiger partial charge in [-0.3, -0.25) is 30.1 Å². The highest BCUT2D eigenvalue weighted by Gasteiger charge is 2.56. The van der Waals surface area contributed by atoms with Crippen LogP contribution >= 0.6 is 0 Å². The standard InChI is InChI=1S/C25H24N6O4/c1-17-2-6-19(7-3-17)35-20-8-4-18(5-9-20)25(22(32)28-24(34)29-23(25)33)31-14-12-30(13-15-31)21-16-26-10-11-27-21/h2-11,16H,12-15H2,1H3,(H2,28,29,32,33,34). The minimum atomic E-state index is -1.69. The number of hydrogen-bond donors (Lipinski definition) is 2. The van der Waals surface area contributed by atoms with Crippen molar-refractivity contribution >= 4 is 23.7 Å². The Kier molecular flexibility index (Phi) is 5.87. The number of carbonyl (C=O) groups is 3. The molecule has 178 valence electrons. The van der Waals surface area contributed by atoms with Crippen LogP contribution in [0.15, 0.2) is 67.1 Å². The first-order valence-corrected chi connectivity index (χ1v) is 11.2. The molecule has 0 spiro atoms. The maximum atomic E-state index is 13.3. The average Bonchev–Trinajstić information content (AvgIpc) is 2.87. The summed E-state index contributed by atoms with van der Waals surface area (Å²) in [5, 5.41) is 4.56. The molecule has 2 aromatic carbocycles. The van der Waals surface area contributed by atoms with E-state index in [1.54, 1.807) is 47.8 Å². The number of benzene rings is 2. The van der Waals surface area contributed by atoms with E-state index < -0.39 is 23.4 Å². The molecule has 2 fully saturated rings. The van der Waals surface area contributed by atoms with E-state index in [0.717, 1.165) is 11.4 Å². The fourth-order valence-corrected chi connectivity index (χ4v) is 4.49. The zero-order chi connectivity index (χ0) is 24.4. The Morgan fingerprint density at radius 1 is 0.829 bits per heavy atom. The molecule has 5 rings (SSSR count). The summed E-state index contributed by atoms with van der Waals surface area (Å²) in [6, 6.07) is 13.6. The van der Waals surface area contributed by atoms with Gasteiger partial charge in [-0.1, -0.05) is 29.8 Å². The Hall–Kier alpha value is -4.31. The lowest BCUT2D eigenvalue weighted by Gasteiger charge is -2.46. The van der Waals surface area contributed by atoms with Crippen LogP contribution in [-0.4, -0.2) is 58.9 Å². The molecule has 2 aliphatic heterocycles. The molecule has 10 nitrogen and oxygen atoms in total. The van der Waals surface area contributed by atoms with Gasteiger partial charge in [-0.15, -0.1) is 0 Å². The van der Waals surface area contributed by atoms with Gasteiger partial charge in [-0.2, -0.15) is 0 Å². The summed E-state index contributed by atoms with van der Waals surface area (Å²) >= 11 is 0. The summed E-state index contributed by atoms with van der Waals surface area (Å²) in [6.45, 7) is 3.85. The Balaban J connectivity index is 1.43. The molecule has 0 saturated carbocycles. The third kappa shape index (κ3) is 4.19. The van der Waals surface area contributed by atoms with Gasteiger partial charge in [0.15, 0.2) is 0 Å². The first kappa shape index (κ1) is 22.5. The fourth-order valence-electron chi connectivity index (χ4n) is 4.49. The summed E-state index contributed by atoms with van der Waals surface area (Å²) in [5.74, 6) is 0.620. The molecule has 35 heavy (non-hydrogen) atoms. The minimum Gasteiger partial charge on any atom is -0.457 e. The van der Waals surface area contributed by atoms with Crippen LogP contribution in [0.5, 0.6) is 11.5 Å². The third-order valence-electron chi connectivity index (χ3n) is 6.27. The van der Waals surface area contributed by atoms with Crippen molar-refractivity contribution in [1.29, 1.82) is 0 Å². The number of barbiturate groups is 1. The van der Waals surface area contributed by atoms with E-state index in [2.05, 4.69) is 20.6 Å². The van der Waals surface area contributed by atoms with Crippen LogP contribution in [0.4, 0.5) is 10.6 Å². The van der Waals surface area contributed by atoms with E-state index >= 15 is 0 Å². The van der Waals surface area contributed by atoms with Crippen molar-refractivity contribution in [2.24, 2.45) is 0 Å². The monoisotopic (exact) mass is 472 g/mol. The van der Waals surface area contributed by atoms with Gasteiger partial charge >= 0.3 is 6.03 Å². The van der Waals surface area contributed by atoms with Gasteiger partial charge in [0.25, 0.3) is 11.8 Å². The van der Waals surface area contributed by atoms with Crippen LogP contribution < -0.4 is 20.3 Å². The number of piperazine rings is 1. The second kappa shape index (κ2) is 9.15. The molecule has 2 aliphatic rings. The molecule has 10 heteroatoms. The number of aryl methyl sites for hydroxylation is 1. The lowest BCUT2D eigenvalue weighted by Crippen LogP contribution is -2.73. The van der Waals surface area contributed by atoms with Gasteiger partial charge in [0.2, 0.25) is 5.54 Å². The SMILES string of the molecule is Cc1ccc(Oc2ccc(C3(N4CCN(c5cnccn5)CC4)C(=O)NC(=O)NC3=O)cc2)cc1. The second-order valence-corrected chi connectivity index (χ2v) is 8.42. The van der Waals surface area contributed by atoms with E-state index in [4.69, 9.17) is 4.74 Å². The number of aromatic nitrogens is 2. The van der Waals surface area contributed by atoms with Gasteiger partial charge in [-0.25, -0.2) is 9.78 Å². The van der Waals surface area contributed by atoms with Crippen LogP contribution in [0.1, 0.15) is 11.1 Å². The molecular formula is C25H24N6O4. The predicted molar refractivity (Wildman–Crippen MR) is 127 cm³/mol. The number of hydrogen-bond acceptors (Lipinski definition) is 8. The third-order valence-corrected chi connectivity index (χ3v) is 6.27. The number of nitrogens with one attached hydrogen (secondary N) is 2. The molecule has 2 N–H and O–H groups in total. The summed E-state index contributed by atoms with van der Waals surface area (Å²) in [5.41, 5.74) is -0.118. The number of carbonyl (C=O) groups excluding carboxylic acids is 3. The normalized spacial score (nSPS) is 18.1. The first-order chi connectivity index (χ1) is 17.0. The maximum Gasteiger partial charge on any atom is 0.328 e. The lowest BCUT2D eigenvalue weighted by atomic mass is 9.84. The van der Waals surface area contributed by atoms with Crippen molar-refractivity contribution in [2.45, 2.75) is 12.5 Å². The van der Waals surface area contributed by atoms with E-state index in [1.807, 2.05) is 36.1 Å². The van der Waals surface area contributed by atoms with E-state index in [1.165, 1.54) is 0 Å². The van der Waals surface area contributed by atoms with E-state index in [0.29, 0.717) is 43.2 Å². The molecule has 3 heterocycles. The molecule has 0 atom stereocenters. The van der Waals surface area contributed by atoms with Gasteiger partial charge in [0.1, 0.15) is 17.3 Å². The van der Waals surface area contributed by atoms with Gasteiger partial charge < -0.3 is 9.64 Å². The number of amides is 4. The van der Waals surface area contributed by atoms with E-state index in [9.17, 15) is 14.4 Å². The topological polar surface area (TPSA) is 117 Å². The number of ether oxygens (including phenoxy) is 1. The first-order valence-electron chi connectivity index (χ1n) is 11.2. The highest BCUT2D eigenvalue weighted by atomic mass is 16.5. The molecule has 1 aromatic heterocycles. The maximum absolute atomic E-state index is 13.3. The van der Waals surface area contributed by atoms with Crippen LogP contribution in [0.3, 0.4) is 0 Å². The van der Waals surface area contributed by atoms with Crippen molar-refractivity contribution in [3.8, 4) is 11.5 Å². The van der Waals surface area contributed by atoms with Gasteiger partial charge in [0, 0.05) is 38.6 Å². The van der Waals surface area contributed by atoms with E-state index in [-0.39, 0.29) is 0 Å². The zero-order valence-electron chi connectivity index (χ0n) is 19.1. The largest absolute Gasteiger partial charge is 0.457 e. The summed E-state index contributed by atoms with van der Waals surface area (Å²) in [6.07, 6.45) is 4.91. The predicted octanol–water partition coefficient (Wildman–Crippen LogP) is 1.96. The summed E-state index contributed by atoms with van der Waals surface area (Å²) in [4.78, 5) is 50.7. The van der Waals surface area contributed by atoms with Crippen LogP contribution in [-0.2, 0) is 15.1 Å². The Bertz CT molecular complexity index is 1220. The molecule has 0 bridgehead atoms. The van der Waals surface area contributed by atoms with Crippen LogP contribution in [0.25, 0.3) is 0 Å². The zero-order valence-corrected chi connectivity index (χ0v) is 19.1. The molecule has 0 radical (unpaired) electrons. The number of rotatable bonds is 5. The molecule has 2 saturated heterocycles. The van der Waals surface area contributed by atoms with Crippen molar-refractivity contribution in [1.82, 2.24) is 25.5 Å². The number of urea groups is 1. The molecule has 0 aliphatic carbocycles. The summed E-state index contributed by atoms with van der Waals surface area (Å²) < 4.78 is 5.90. The Labute approximate surface area is 201 Å². The van der Waals surface area contributed by atoms with Crippen molar-refractivity contribution < 1.29 is 19.1 Å². The average molecular weight is 473 g/mol. The van der Waals surface area contributed by atoms with Crippen LogP contribution in [0.2, 0.25) is 0 Å². The Morgan fingerprint density at radius 3 is 2.00 bits per heavy atom. The van der Waals surface area contributed by atoms with Gasteiger partial charge in [-0.05, 0) is 36.8 Å². The smallest absolute Gasteiger partial charge is 0.328 e. The van der Waals surface area contributed by atoms with Crippen molar-refractivity contribution in [3.63, 3.8) is 0 Å². The number of nitrogens with zero attached hydrogens (tertiary/aromatic N) is 4. The number of anilines is 1.